The summed E-state index contributed by atoms with van der Waals surface area (Å²) in [4.78, 5) is 11.7. The Hall–Kier alpha value is -1.76. The van der Waals surface area contributed by atoms with Crippen LogP contribution in [0, 0.1) is 0 Å². The number of rotatable bonds is 2. The van der Waals surface area contributed by atoms with Crippen LogP contribution in [0.1, 0.15) is 18.4 Å². The van der Waals surface area contributed by atoms with Gasteiger partial charge in [0, 0.05) is 18.0 Å². The Bertz CT molecular complexity index is 482. The van der Waals surface area contributed by atoms with Crippen LogP contribution in [0.25, 0.3) is 0 Å². The molecule has 1 aromatic rings. The number of benzene rings is 1. The lowest BCUT2D eigenvalue weighted by Crippen LogP contribution is -2.27. The van der Waals surface area contributed by atoms with Crippen LogP contribution in [0.5, 0.6) is 0 Å². The fourth-order valence-electron chi connectivity index (χ4n) is 1.89. The molecule has 1 heterocycles. The van der Waals surface area contributed by atoms with Crippen LogP contribution in [0.3, 0.4) is 0 Å². The molecule has 3 N–H and O–H groups in total. The van der Waals surface area contributed by atoms with Gasteiger partial charge in [-0.15, -0.1) is 0 Å². The summed E-state index contributed by atoms with van der Waals surface area (Å²) in [6, 6.07) is 3.27. The van der Waals surface area contributed by atoms with Gasteiger partial charge in [0.15, 0.2) is 0 Å². The first-order chi connectivity index (χ1) is 8.88. The highest BCUT2D eigenvalue weighted by Crippen LogP contribution is 2.35. The monoisotopic (exact) mass is 274 g/mol. The largest absolute Gasteiger partial charge is 0.418 e. The van der Waals surface area contributed by atoms with Crippen LogP contribution in [-0.4, -0.2) is 18.6 Å². The summed E-state index contributed by atoms with van der Waals surface area (Å²) < 4.78 is 43.1. The van der Waals surface area contributed by atoms with Crippen LogP contribution in [-0.2, 0) is 15.7 Å². The van der Waals surface area contributed by atoms with Crippen molar-refractivity contribution >= 4 is 17.3 Å². The Morgan fingerprint density at radius 2 is 2.16 bits per heavy atom. The van der Waals surface area contributed by atoms with E-state index in [4.69, 9.17) is 10.5 Å². The van der Waals surface area contributed by atoms with Crippen molar-refractivity contribution in [1.29, 1.82) is 0 Å². The summed E-state index contributed by atoms with van der Waals surface area (Å²) in [6.45, 7) is 0.494. The van der Waals surface area contributed by atoms with Crippen LogP contribution in [0.15, 0.2) is 18.2 Å². The predicted molar refractivity (Wildman–Crippen MR) is 63.5 cm³/mol. The van der Waals surface area contributed by atoms with Crippen molar-refractivity contribution in [3.05, 3.63) is 23.8 Å². The maximum atomic E-state index is 12.6. The minimum atomic E-state index is -4.55. The van der Waals surface area contributed by atoms with E-state index in [0.717, 1.165) is 18.6 Å². The van der Waals surface area contributed by atoms with Crippen molar-refractivity contribution in [1.82, 2.24) is 0 Å². The third kappa shape index (κ3) is 3.17. The van der Waals surface area contributed by atoms with E-state index in [1.807, 2.05) is 0 Å². The molecular weight excluding hydrogens is 261 g/mol. The Kier molecular flexibility index (Phi) is 3.66. The standard InChI is InChI=1S/C12H13F3N2O2/c13-12(14,15)8-6-7(3-4-9(8)16)17-11(18)10-2-1-5-19-10/h3-4,6,10H,1-2,5,16H2,(H,17,18)/t10-/m1/s1. The highest BCUT2D eigenvalue weighted by Gasteiger charge is 2.33. The van der Waals surface area contributed by atoms with Gasteiger partial charge in [-0.25, -0.2) is 0 Å². The van der Waals surface area contributed by atoms with Crippen molar-refractivity contribution in [3.63, 3.8) is 0 Å². The third-order valence-corrected chi connectivity index (χ3v) is 2.85. The van der Waals surface area contributed by atoms with Crippen molar-refractivity contribution < 1.29 is 22.7 Å². The van der Waals surface area contributed by atoms with Crippen LogP contribution in [0.2, 0.25) is 0 Å². The minimum Gasteiger partial charge on any atom is -0.398 e. The third-order valence-electron chi connectivity index (χ3n) is 2.85. The molecular formula is C12H13F3N2O2. The first kappa shape index (κ1) is 13.7. The number of halogens is 3. The number of nitrogens with one attached hydrogen (secondary N) is 1. The number of ether oxygens (including phenoxy) is 1. The molecule has 1 aliphatic heterocycles. The van der Waals surface area contributed by atoms with Gasteiger partial charge in [0.2, 0.25) is 0 Å². The van der Waals surface area contributed by atoms with E-state index in [9.17, 15) is 18.0 Å². The Morgan fingerprint density at radius 1 is 1.42 bits per heavy atom. The lowest BCUT2D eigenvalue weighted by Gasteiger charge is -2.14. The predicted octanol–water partition coefficient (Wildman–Crippen LogP) is 2.41. The normalized spacial score (nSPS) is 19.4. The second kappa shape index (κ2) is 5.08. The van der Waals surface area contributed by atoms with E-state index in [0.29, 0.717) is 13.0 Å². The molecule has 0 spiro atoms. The molecule has 1 aromatic carbocycles. The van der Waals surface area contributed by atoms with Crippen molar-refractivity contribution in [3.8, 4) is 0 Å². The van der Waals surface area contributed by atoms with Gasteiger partial charge in [-0.2, -0.15) is 13.2 Å². The van der Waals surface area contributed by atoms with Gasteiger partial charge in [-0.1, -0.05) is 0 Å². The molecule has 0 bridgehead atoms. The quantitative estimate of drug-likeness (QED) is 0.814. The smallest absolute Gasteiger partial charge is 0.398 e. The number of nitrogens with two attached hydrogens (primary N) is 1. The van der Waals surface area contributed by atoms with E-state index >= 15 is 0 Å². The van der Waals surface area contributed by atoms with Gasteiger partial charge < -0.3 is 15.8 Å². The second-order valence-electron chi connectivity index (χ2n) is 4.29. The Morgan fingerprint density at radius 3 is 2.74 bits per heavy atom. The van der Waals surface area contributed by atoms with Gasteiger partial charge in [0.1, 0.15) is 6.10 Å². The topological polar surface area (TPSA) is 64.3 Å². The number of carbonyl (C=O) groups is 1. The van der Waals surface area contributed by atoms with E-state index < -0.39 is 23.8 Å². The maximum Gasteiger partial charge on any atom is 0.418 e. The summed E-state index contributed by atoms with van der Waals surface area (Å²) in [7, 11) is 0. The van der Waals surface area contributed by atoms with Crippen molar-refractivity contribution in [2.75, 3.05) is 17.7 Å². The molecule has 0 aromatic heterocycles. The molecule has 1 amide bonds. The molecule has 7 heteroatoms. The lowest BCUT2D eigenvalue weighted by molar-refractivity contribution is -0.137. The molecule has 19 heavy (non-hydrogen) atoms. The van der Waals surface area contributed by atoms with Gasteiger partial charge >= 0.3 is 6.18 Å². The fourth-order valence-corrected chi connectivity index (χ4v) is 1.89. The second-order valence-corrected chi connectivity index (χ2v) is 4.29. The summed E-state index contributed by atoms with van der Waals surface area (Å²) >= 11 is 0. The zero-order valence-electron chi connectivity index (χ0n) is 9.96. The molecule has 104 valence electrons. The number of amides is 1. The van der Waals surface area contributed by atoms with E-state index in [-0.39, 0.29) is 11.4 Å². The fraction of sp³-hybridized carbons (Fsp3) is 0.417. The molecule has 0 aliphatic carbocycles. The number of hydrogen-bond donors (Lipinski definition) is 2. The Labute approximate surface area is 107 Å². The van der Waals surface area contributed by atoms with Crippen LogP contribution >= 0.6 is 0 Å². The van der Waals surface area contributed by atoms with E-state index in [1.165, 1.54) is 6.07 Å². The van der Waals surface area contributed by atoms with Gasteiger partial charge in [-0.05, 0) is 31.0 Å². The van der Waals surface area contributed by atoms with Gasteiger partial charge in [0.05, 0.1) is 5.56 Å². The minimum absolute atomic E-state index is 0.0574. The number of carbonyl (C=O) groups excluding carboxylic acids is 1. The molecule has 4 nitrogen and oxygen atoms in total. The van der Waals surface area contributed by atoms with E-state index in [2.05, 4.69) is 5.32 Å². The van der Waals surface area contributed by atoms with Crippen molar-refractivity contribution in [2.24, 2.45) is 0 Å². The van der Waals surface area contributed by atoms with Gasteiger partial charge in [-0.3, -0.25) is 4.79 Å². The Balaban J connectivity index is 2.15. The molecule has 1 saturated heterocycles. The first-order valence-electron chi connectivity index (χ1n) is 5.77. The average Bonchev–Trinajstić information content (AvgIpc) is 2.83. The molecule has 0 unspecified atom stereocenters. The molecule has 1 fully saturated rings. The summed E-state index contributed by atoms with van der Waals surface area (Å²) in [5.41, 5.74) is 4.00. The average molecular weight is 274 g/mol. The first-order valence-corrected chi connectivity index (χ1v) is 5.77. The number of nitrogen functional groups attached to an aromatic ring is 1. The number of hydrogen-bond acceptors (Lipinski definition) is 3. The highest BCUT2D eigenvalue weighted by molar-refractivity contribution is 5.94. The molecule has 1 atom stereocenters. The molecule has 0 saturated carbocycles. The summed E-state index contributed by atoms with van der Waals surface area (Å²) in [6.07, 6.45) is -3.79. The number of anilines is 2. The van der Waals surface area contributed by atoms with Crippen molar-refractivity contribution in [2.45, 2.75) is 25.1 Å². The summed E-state index contributed by atoms with van der Waals surface area (Å²) in [5.74, 6) is -0.435. The van der Waals surface area contributed by atoms with Crippen LogP contribution in [0.4, 0.5) is 24.5 Å². The zero-order valence-corrected chi connectivity index (χ0v) is 9.96. The lowest BCUT2D eigenvalue weighted by atomic mass is 10.1. The molecule has 0 radical (unpaired) electrons. The summed E-state index contributed by atoms with van der Waals surface area (Å²) in [5, 5.41) is 2.40. The van der Waals surface area contributed by atoms with Crippen LogP contribution < -0.4 is 11.1 Å². The molecule has 1 aliphatic rings. The zero-order chi connectivity index (χ0) is 14.0. The van der Waals surface area contributed by atoms with E-state index in [1.54, 1.807) is 0 Å². The highest BCUT2D eigenvalue weighted by atomic mass is 19.4. The molecule has 2 rings (SSSR count). The maximum absolute atomic E-state index is 12.6. The van der Waals surface area contributed by atoms with Gasteiger partial charge in [0.25, 0.3) is 5.91 Å². The SMILES string of the molecule is Nc1ccc(NC(=O)[C@H]2CCCO2)cc1C(F)(F)F. The number of alkyl halides is 3.